The summed E-state index contributed by atoms with van der Waals surface area (Å²) >= 11 is 0. The van der Waals surface area contributed by atoms with Crippen LogP contribution in [0.2, 0.25) is 0 Å². The normalized spacial score (nSPS) is 11.5. The molecule has 0 bridgehead atoms. The van der Waals surface area contributed by atoms with Crippen LogP contribution in [-0.4, -0.2) is 52.4 Å². The van der Waals surface area contributed by atoms with Gasteiger partial charge in [-0.15, -0.1) is 0 Å². The molecule has 0 aliphatic rings. The molecule has 8 heteroatoms. The van der Waals surface area contributed by atoms with Gasteiger partial charge >= 0.3 is 0 Å². The quantitative estimate of drug-likeness (QED) is 0.321. The number of carbonyl (C=O) groups is 1. The highest BCUT2D eigenvalue weighted by Crippen LogP contribution is 2.06. The lowest BCUT2D eigenvalue weighted by atomic mass is 10.4. The van der Waals surface area contributed by atoms with Crippen molar-refractivity contribution in [2.24, 2.45) is 10.7 Å². The number of carbonyl (C=O) groups excluding carboxylic acids is 1. The van der Waals surface area contributed by atoms with Crippen molar-refractivity contribution in [3.05, 3.63) is 23.7 Å². The van der Waals surface area contributed by atoms with E-state index in [0.29, 0.717) is 38.1 Å². The van der Waals surface area contributed by atoms with Crippen molar-refractivity contribution in [3.8, 4) is 0 Å². The fourth-order valence-electron chi connectivity index (χ4n) is 1.62. The molecule has 1 aromatic rings. The van der Waals surface area contributed by atoms with Gasteiger partial charge in [-0.05, 0) is 18.6 Å². The fraction of sp³-hybridized carbons (Fsp3) is 0.571. The topological polar surface area (TPSA) is 111 Å². The van der Waals surface area contributed by atoms with Crippen LogP contribution in [0.4, 0.5) is 0 Å². The average Bonchev–Trinajstić information content (AvgIpc) is 2.98. The Balaban J connectivity index is 2.18. The summed E-state index contributed by atoms with van der Waals surface area (Å²) in [5.41, 5.74) is 5.12. The maximum Gasteiger partial charge on any atom is 0.284 e. The molecule has 1 aromatic heterocycles. The lowest BCUT2D eigenvalue weighted by Gasteiger charge is -2.11. The zero-order chi connectivity index (χ0) is 16.2. The van der Waals surface area contributed by atoms with Crippen molar-refractivity contribution >= 4 is 11.9 Å². The van der Waals surface area contributed by atoms with Gasteiger partial charge in [-0.25, -0.2) is 0 Å². The van der Waals surface area contributed by atoms with E-state index in [4.69, 9.17) is 19.6 Å². The van der Waals surface area contributed by atoms with E-state index in [1.165, 1.54) is 0 Å². The van der Waals surface area contributed by atoms with Gasteiger partial charge in [-0.1, -0.05) is 0 Å². The highest BCUT2D eigenvalue weighted by Gasteiger charge is 2.07. The SMILES string of the molecule is CN=C(NCCCOCCOC)NCc1ccc(C(N)=O)o1. The van der Waals surface area contributed by atoms with Crippen LogP contribution < -0.4 is 16.4 Å². The van der Waals surface area contributed by atoms with E-state index < -0.39 is 5.91 Å². The van der Waals surface area contributed by atoms with Gasteiger partial charge in [-0.3, -0.25) is 9.79 Å². The molecule has 0 aromatic carbocycles. The smallest absolute Gasteiger partial charge is 0.284 e. The van der Waals surface area contributed by atoms with Crippen LogP contribution >= 0.6 is 0 Å². The number of nitrogens with zero attached hydrogens (tertiary/aromatic N) is 1. The Bertz CT molecular complexity index is 473. The first kappa shape index (κ1) is 18.0. The number of primary amides is 1. The number of ether oxygens (including phenoxy) is 2. The van der Waals surface area contributed by atoms with E-state index in [9.17, 15) is 4.79 Å². The molecule has 0 saturated carbocycles. The monoisotopic (exact) mass is 312 g/mol. The lowest BCUT2D eigenvalue weighted by molar-refractivity contribution is 0.0698. The lowest BCUT2D eigenvalue weighted by Crippen LogP contribution is -2.37. The number of hydrogen-bond donors (Lipinski definition) is 3. The standard InChI is InChI=1S/C14H24N4O4/c1-16-14(17-6-3-7-21-9-8-20-2)18-10-11-4-5-12(22-11)13(15)19/h4-5H,3,6-10H2,1-2H3,(H2,15,19)(H2,16,17,18). The van der Waals surface area contributed by atoms with Crippen LogP contribution in [0.15, 0.2) is 21.5 Å². The molecule has 22 heavy (non-hydrogen) atoms. The highest BCUT2D eigenvalue weighted by atomic mass is 16.5. The van der Waals surface area contributed by atoms with Crippen LogP contribution in [0.1, 0.15) is 22.7 Å². The van der Waals surface area contributed by atoms with Gasteiger partial charge in [-0.2, -0.15) is 0 Å². The van der Waals surface area contributed by atoms with Crippen LogP contribution in [0.25, 0.3) is 0 Å². The van der Waals surface area contributed by atoms with Crippen LogP contribution in [0.5, 0.6) is 0 Å². The van der Waals surface area contributed by atoms with Crippen molar-refractivity contribution in [1.82, 2.24) is 10.6 Å². The Morgan fingerprint density at radius 3 is 2.77 bits per heavy atom. The summed E-state index contributed by atoms with van der Waals surface area (Å²) in [6, 6.07) is 3.25. The van der Waals surface area contributed by atoms with Gasteiger partial charge in [0.2, 0.25) is 0 Å². The van der Waals surface area contributed by atoms with E-state index in [2.05, 4.69) is 15.6 Å². The molecule has 8 nitrogen and oxygen atoms in total. The van der Waals surface area contributed by atoms with Crippen molar-refractivity contribution in [2.75, 3.05) is 40.5 Å². The molecular weight excluding hydrogens is 288 g/mol. The van der Waals surface area contributed by atoms with Crippen molar-refractivity contribution in [3.63, 3.8) is 0 Å². The molecule has 0 aliphatic heterocycles. The summed E-state index contributed by atoms with van der Waals surface area (Å²) < 4.78 is 15.5. The third-order valence-electron chi connectivity index (χ3n) is 2.75. The first-order chi connectivity index (χ1) is 10.7. The summed E-state index contributed by atoms with van der Waals surface area (Å²) in [5.74, 6) is 0.823. The summed E-state index contributed by atoms with van der Waals surface area (Å²) in [6.45, 7) is 3.01. The number of aliphatic imine (C=N–C) groups is 1. The van der Waals surface area contributed by atoms with E-state index in [-0.39, 0.29) is 5.76 Å². The number of nitrogens with two attached hydrogens (primary N) is 1. The van der Waals surface area contributed by atoms with Gasteiger partial charge < -0.3 is 30.3 Å². The summed E-state index contributed by atoms with van der Waals surface area (Å²) in [5, 5.41) is 6.24. The van der Waals surface area contributed by atoms with Crippen molar-refractivity contribution < 1.29 is 18.7 Å². The summed E-state index contributed by atoms with van der Waals surface area (Å²) in [4.78, 5) is 15.0. The first-order valence-electron chi connectivity index (χ1n) is 7.07. The van der Waals surface area contributed by atoms with E-state index in [1.807, 2.05) is 0 Å². The molecule has 0 radical (unpaired) electrons. The second kappa shape index (κ2) is 10.6. The second-order valence-electron chi connectivity index (χ2n) is 4.44. The number of guanidine groups is 1. The van der Waals surface area contributed by atoms with Crippen molar-refractivity contribution in [1.29, 1.82) is 0 Å². The van der Waals surface area contributed by atoms with Crippen LogP contribution in [0.3, 0.4) is 0 Å². The molecule has 0 atom stereocenters. The van der Waals surface area contributed by atoms with Gasteiger partial charge in [0.1, 0.15) is 5.76 Å². The zero-order valence-electron chi connectivity index (χ0n) is 13.1. The molecule has 1 amide bonds. The van der Waals surface area contributed by atoms with Crippen LogP contribution in [-0.2, 0) is 16.0 Å². The number of furan rings is 1. The van der Waals surface area contributed by atoms with Gasteiger partial charge in [0.25, 0.3) is 5.91 Å². The number of nitrogens with one attached hydrogen (secondary N) is 2. The molecule has 0 spiro atoms. The molecule has 0 unspecified atom stereocenters. The predicted molar refractivity (Wildman–Crippen MR) is 82.7 cm³/mol. The maximum atomic E-state index is 10.9. The average molecular weight is 312 g/mol. The Labute approximate surface area is 130 Å². The molecule has 124 valence electrons. The van der Waals surface area contributed by atoms with E-state index in [0.717, 1.165) is 13.0 Å². The number of hydrogen-bond acceptors (Lipinski definition) is 5. The highest BCUT2D eigenvalue weighted by molar-refractivity contribution is 5.89. The Morgan fingerprint density at radius 2 is 2.14 bits per heavy atom. The molecule has 4 N–H and O–H groups in total. The Morgan fingerprint density at radius 1 is 1.32 bits per heavy atom. The third kappa shape index (κ3) is 7.09. The van der Waals surface area contributed by atoms with Crippen LogP contribution in [0, 0.1) is 0 Å². The maximum absolute atomic E-state index is 10.9. The number of amides is 1. The van der Waals surface area contributed by atoms with Gasteiger partial charge in [0, 0.05) is 27.3 Å². The third-order valence-corrected chi connectivity index (χ3v) is 2.75. The second-order valence-corrected chi connectivity index (χ2v) is 4.44. The molecule has 0 saturated heterocycles. The molecular formula is C14H24N4O4. The fourth-order valence-corrected chi connectivity index (χ4v) is 1.62. The minimum absolute atomic E-state index is 0.146. The van der Waals surface area contributed by atoms with E-state index in [1.54, 1.807) is 26.3 Å². The number of rotatable bonds is 10. The Kier molecular flexibility index (Phi) is 8.70. The van der Waals surface area contributed by atoms with E-state index >= 15 is 0 Å². The first-order valence-corrected chi connectivity index (χ1v) is 7.07. The Hall–Kier alpha value is -2.06. The molecule has 1 heterocycles. The summed E-state index contributed by atoms with van der Waals surface area (Å²) in [7, 11) is 3.33. The number of methoxy groups -OCH3 is 1. The predicted octanol–water partition coefficient (Wildman–Crippen LogP) is 0.0966. The minimum Gasteiger partial charge on any atom is -0.454 e. The molecule has 0 fully saturated rings. The van der Waals surface area contributed by atoms with Gasteiger partial charge in [0.15, 0.2) is 11.7 Å². The minimum atomic E-state index is -0.581. The largest absolute Gasteiger partial charge is 0.454 e. The zero-order valence-corrected chi connectivity index (χ0v) is 13.1. The summed E-state index contributed by atoms with van der Waals surface area (Å²) in [6.07, 6.45) is 0.858. The van der Waals surface area contributed by atoms with Gasteiger partial charge in [0.05, 0.1) is 19.8 Å². The molecule has 0 aliphatic carbocycles. The molecule has 1 rings (SSSR count). The van der Waals surface area contributed by atoms with Crippen molar-refractivity contribution in [2.45, 2.75) is 13.0 Å².